The lowest BCUT2D eigenvalue weighted by Gasteiger charge is -2.19. The lowest BCUT2D eigenvalue weighted by molar-refractivity contribution is 0.484. The second kappa shape index (κ2) is 4.99. The molecule has 2 atom stereocenters. The van der Waals surface area contributed by atoms with Crippen molar-refractivity contribution in [2.45, 2.75) is 25.4 Å². The largest absolute Gasteiger partial charge is 0.307 e. The Hall–Kier alpha value is -0.540. The van der Waals surface area contributed by atoms with Crippen molar-refractivity contribution < 1.29 is 4.39 Å². The van der Waals surface area contributed by atoms with Crippen LogP contribution >= 0.6 is 11.8 Å². The summed E-state index contributed by atoms with van der Waals surface area (Å²) in [5, 5.41) is 3.53. The summed E-state index contributed by atoms with van der Waals surface area (Å²) in [6.07, 6.45) is 1.23. The summed E-state index contributed by atoms with van der Waals surface area (Å²) >= 11 is 1.99. The fourth-order valence-corrected chi connectivity index (χ4v) is 3.06. The Labute approximate surface area is 94.5 Å². The molecule has 3 heteroatoms. The van der Waals surface area contributed by atoms with E-state index in [2.05, 4.69) is 12.2 Å². The van der Waals surface area contributed by atoms with Gasteiger partial charge in [-0.1, -0.05) is 12.1 Å². The summed E-state index contributed by atoms with van der Waals surface area (Å²) in [6.45, 7) is 2.10. The molecule has 1 heterocycles. The van der Waals surface area contributed by atoms with Gasteiger partial charge < -0.3 is 5.32 Å². The van der Waals surface area contributed by atoms with E-state index in [0.29, 0.717) is 6.04 Å². The van der Waals surface area contributed by atoms with Gasteiger partial charge >= 0.3 is 0 Å². The average Bonchev–Trinajstić information content (AvgIpc) is 2.70. The molecule has 0 aromatic heterocycles. The Morgan fingerprint density at radius 1 is 1.53 bits per heavy atom. The van der Waals surface area contributed by atoms with Gasteiger partial charge in [-0.25, -0.2) is 4.39 Å². The van der Waals surface area contributed by atoms with Crippen LogP contribution in [0.5, 0.6) is 0 Å². The van der Waals surface area contributed by atoms with Crippen LogP contribution in [0.25, 0.3) is 0 Å². The van der Waals surface area contributed by atoms with Crippen LogP contribution < -0.4 is 5.32 Å². The molecule has 82 valence electrons. The van der Waals surface area contributed by atoms with E-state index >= 15 is 0 Å². The summed E-state index contributed by atoms with van der Waals surface area (Å²) in [6, 6.07) is 7.67. The van der Waals surface area contributed by atoms with E-state index in [-0.39, 0.29) is 11.9 Å². The summed E-state index contributed by atoms with van der Waals surface area (Å²) in [5.41, 5.74) is 1.03. The van der Waals surface area contributed by atoms with Crippen LogP contribution in [0.2, 0.25) is 0 Å². The number of nitrogens with one attached hydrogen (secondary N) is 1. The summed E-state index contributed by atoms with van der Waals surface area (Å²) < 4.78 is 13.0. The second-order valence-corrected chi connectivity index (χ2v) is 5.15. The number of benzene rings is 1. The minimum atomic E-state index is -0.151. The first kappa shape index (κ1) is 11.0. The third kappa shape index (κ3) is 2.95. The summed E-state index contributed by atoms with van der Waals surface area (Å²) in [5.74, 6) is 2.27. The van der Waals surface area contributed by atoms with Crippen molar-refractivity contribution in [3.63, 3.8) is 0 Å². The number of halogens is 1. The van der Waals surface area contributed by atoms with Crippen molar-refractivity contribution >= 4 is 11.8 Å². The highest BCUT2D eigenvalue weighted by atomic mass is 32.2. The molecule has 1 saturated heterocycles. The Balaban J connectivity index is 1.97. The molecule has 0 radical (unpaired) electrons. The molecule has 15 heavy (non-hydrogen) atoms. The molecule has 1 aromatic carbocycles. The molecular weight excluding hydrogens is 209 g/mol. The normalized spacial score (nSPS) is 22.9. The Kier molecular flexibility index (Phi) is 3.65. The fraction of sp³-hybridized carbons (Fsp3) is 0.500. The molecule has 1 aliphatic rings. The summed E-state index contributed by atoms with van der Waals surface area (Å²) in [7, 11) is 0. The van der Waals surface area contributed by atoms with Crippen LogP contribution in [-0.2, 0) is 0 Å². The Bertz CT molecular complexity index is 323. The predicted molar refractivity (Wildman–Crippen MR) is 63.7 cm³/mol. The topological polar surface area (TPSA) is 12.0 Å². The first-order chi connectivity index (χ1) is 7.25. The third-order valence-corrected chi connectivity index (χ3v) is 3.93. The monoisotopic (exact) mass is 225 g/mol. The van der Waals surface area contributed by atoms with Gasteiger partial charge in [-0.2, -0.15) is 11.8 Å². The molecule has 0 spiro atoms. The number of hydrogen-bond donors (Lipinski definition) is 1. The molecule has 0 saturated carbocycles. The van der Waals surface area contributed by atoms with Crippen molar-refractivity contribution in [2.75, 3.05) is 11.5 Å². The average molecular weight is 225 g/mol. The minimum Gasteiger partial charge on any atom is -0.307 e. The van der Waals surface area contributed by atoms with Crippen molar-refractivity contribution in [3.05, 3.63) is 35.6 Å². The highest BCUT2D eigenvalue weighted by Crippen LogP contribution is 2.21. The molecular formula is C12H16FNS. The van der Waals surface area contributed by atoms with E-state index in [1.54, 1.807) is 12.1 Å². The van der Waals surface area contributed by atoms with Gasteiger partial charge in [0.25, 0.3) is 0 Å². The number of rotatable bonds is 3. The molecule has 0 amide bonds. The van der Waals surface area contributed by atoms with Gasteiger partial charge in [-0.3, -0.25) is 0 Å². The van der Waals surface area contributed by atoms with E-state index in [0.717, 1.165) is 5.56 Å². The van der Waals surface area contributed by atoms with Crippen LogP contribution in [0.4, 0.5) is 4.39 Å². The number of hydrogen-bond acceptors (Lipinski definition) is 2. The smallest absolute Gasteiger partial charge is 0.123 e. The standard InChI is InChI=1S/C12H16FNS/c1-9(14-12-5-6-15-8-12)10-3-2-4-11(13)7-10/h2-4,7,9,12,14H,5-6,8H2,1H3/t9-,12?/m1/s1. The number of thioether (sulfide) groups is 1. The molecule has 0 bridgehead atoms. The van der Waals surface area contributed by atoms with E-state index in [4.69, 9.17) is 0 Å². The zero-order valence-electron chi connectivity index (χ0n) is 8.87. The van der Waals surface area contributed by atoms with Gasteiger partial charge in [0, 0.05) is 17.8 Å². The van der Waals surface area contributed by atoms with E-state index in [1.165, 1.54) is 24.0 Å². The Morgan fingerprint density at radius 2 is 2.40 bits per heavy atom. The molecule has 1 unspecified atom stereocenters. The highest BCUT2D eigenvalue weighted by Gasteiger charge is 2.17. The van der Waals surface area contributed by atoms with Crippen LogP contribution in [0.3, 0.4) is 0 Å². The maximum Gasteiger partial charge on any atom is 0.123 e. The van der Waals surface area contributed by atoms with Gasteiger partial charge in [0.1, 0.15) is 5.82 Å². The van der Waals surface area contributed by atoms with Gasteiger partial charge in [0.05, 0.1) is 0 Å². The quantitative estimate of drug-likeness (QED) is 0.848. The van der Waals surface area contributed by atoms with Crippen LogP contribution in [0.1, 0.15) is 24.9 Å². The van der Waals surface area contributed by atoms with Crippen LogP contribution in [-0.4, -0.2) is 17.5 Å². The molecule has 1 nitrogen and oxygen atoms in total. The summed E-state index contributed by atoms with van der Waals surface area (Å²) in [4.78, 5) is 0. The zero-order valence-corrected chi connectivity index (χ0v) is 9.69. The minimum absolute atomic E-state index is 0.151. The predicted octanol–water partition coefficient (Wildman–Crippen LogP) is 2.98. The highest BCUT2D eigenvalue weighted by molar-refractivity contribution is 7.99. The van der Waals surface area contributed by atoms with E-state index in [1.807, 2.05) is 17.8 Å². The lowest BCUT2D eigenvalue weighted by Crippen LogP contribution is -2.31. The van der Waals surface area contributed by atoms with E-state index < -0.39 is 0 Å². The molecule has 2 rings (SSSR count). The molecule has 1 N–H and O–H groups in total. The zero-order chi connectivity index (χ0) is 10.7. The van der Waals surface area contributed by atoms with Gasteiger partial charge in [-0.15, -0.1) is 0 Å². The van der Waals surface area contributed by atoms with Gasteiger partial charge in [0.15, 0.2) is 0 Å². The molecule has 1 aromatic rings. The fourth-order valence-electron chi connectivity index (χ4n) is 1.89. The van der Waals surface area contributed by atoms with Crippen molar-refractivity contribution in [1.29, 1.82) is 0 Å². The van der Waals surface area contributed by atoms with Gasteiger partial charge in [-0.05, 0) is 36.8 Å². The molecule has 1 aliphatic heterocycles. The van der Waals surface area contributed by atoms with Crippen molar-refractivity contribution in [2.24, 2.45) is 0 Å². The van der Waals surface area contributed by atoms with Crippen LogP contribution in [0.15, 0.2) is 24.3 Å². The van der Waals surface area contributed by atoms with Crippen molar-refractivity contribution in [1.82, 2.24) is 5.32 Å². The van der Waals surface area contributed by atoms with Crippen LogP contribution in [0, 0.1) is 5.82 Å². The SMILES string of the molecule is C[C@@H](NC1CCSC1)c1cccc(F)c1. The maximum absolute atomic E-state index is 13.0. The van der Waals surface area contributed by atoms with E-state index in [9.17, 15) is 4.39 Å². The Morgan fingerprint density at radius 3 is 3.07 bits per heavy atom. The lowest BCUT2D eigenvalue weighted by atomic mass is 10.1. The molecule has 1 fully saturated rings. The van der Waals surface area contributed by atoms with Crippen molar-refractivity contribution in [3.8, 4) is 0 Å². The van der Waals surface area contributed by atoms with Gasteiger partial charge in [0.2, 0.25) is 0 Å². The second-order valence-electron chi connectivity index (χ2n) is 4.00. The first-order valence-corrected chi connectivity index (χ1v) is 6.50. The third-order valence-electron chi connectivity index (χ3n) is 2.76. The molecule has 0 aliphatic carbocycles. The first-order valence-electron chi connectivity index (χ1n) is 5.35. The maximum atomic E-state index is 13.0.